The highest BCUT2D eigenvalue weighted by atomic mass is 16.5. The standard InChI is InChI=1S/C21H18O3/c1-15(16-8-4-3-5-9-16)14-24-19-13-12-17-10-6-7-11-18(17)20(19)21(22)23-2/h3-13H,1,14H2,2H3. The smallest absolute Gasteiger partial charge is 0.342 e. The molecule has 3 heteroatoms. The largest absolute Gasteiger partial charge is 0.488 e. The molecule has 0 saturated carbocycles. The van der Waals surface area contributed by atoms with Crippen LogP contribution in [0.5, 0.6) is 5.75 Å². The molecule has 3 rings (SSSR count). The zero-order valence-corrected chi connectivity index (χ0v) is 13.5. The molecule has 3 aromatic carbocycles. The van der Waals surface area contributed by atoms with Crippen molar-refractivity contribution >= 4 is 22.3 Å². The second-order valence-corrected chi connectivity index (χ2v) is 5.41. The first-order chi connectivity index (χ1) is 11.7. The third-order valence-corrected chi connectivity index (χ3v) is 3.86. The molecule has 0 aliphatic heterocycles. The molecule has 0 heterocycles. The minimum atomic E-state index is -0.410. The van der Waals surface area contributed by atoms with E-state index in [9.17, 15) is 4.79 Å². The quantitative estimate of drug-likeness (QED) is 0.639. The second-order valence-electron chi connectivity index (χ2n) is 5.41. The van der Waals surface area contributed by atoms with Gasteiger partial charge >= 0.3 is 5.97 Å². The Kier molecular flexibility index (Phi) is 4.62. The molecular weight excluding hydrogens is 300 g/mol. The van der Waals surface area contributed by atoms with Crippen molar-refractivity contribution in [1.82, 2.24) is 0 Å². The Bertz CT molecular complexity index is 882. The molecule has 0 spiro atoms. The maximum atomic E-state index is 12.2. The van der Waals surface area contributed by atoms with Crippen molar-refractivity contribution in [3.63, 3.8) is 0 Å². The topological polar surface area (TPSA) is 35.5 Å². The highest BCUT2D eigenvalue weighted by Crippen LogP contribution is 2.29. The van der Waals surface area contributed by atoms with Gasteiger partial charge in [0.15, 0.2) is 0 Å². The van der Waals surface area contributed by atoms with Gasteiger partial charge in [-0.25, -0.2) is 4.79 Å². The Hall–Kier alpha value is -3.07. The van der Waals surface area contributed by atoms with Gasteiger partial charge in [-0.2, -0.15) is 0 Å². The van der Waals surface area contributed by atoms with Crippen molar-refractivity contribution in [1.29, 1.82) is 0 Å². The summed E-state index contributed by atoms with van der Waals surface area (Å²) in [4.78, 5) is 12.2. The maximum Gasteiger partial charge on any atom is 0.342 e. The molecule has 0 unspecified atom stereocenters. The maximum absolute atomic E-state index is 12.2. The highest BCUT2D eigenvalue weighted by molar-refractivity contribution is 6.07. The minimum absolute atomic E-state index is 0.298. The molecule has 0 aromatic heterocycles. The average Bonchev–Trinajstić information content (AvgIpc) is 2.65. The molecular formula is C21H18O3. The fourth-order valence-electron chi connectivity index (χ4n) is 2.61. The van der Waals surface area contributed by atoms with Crippen LogP contribution in [0, 0.1) is 0 Å². The number of carbonyl (C=O) groups is 1. The van der Waals surface area contributed by atoms with E-state index < -0.39 is 5.97 Å². The lowest BCUT2D eigenvalue weighted by atomic mass is 10.0. The Labute approximate surface area is 141 Å². The predicted octanol–water partition coefficient (Wildman–Crippen LogP) is 4.72. The number of benzene rings is 3. The number of methoxy groups -OCH3 is 1. The normalized spacial score (nSPS) is 10.4. The van der Waals surface area contributed by atoms with Gasteiger partial charge in [-0.3, -0.25) is 0 Å². The number of hydrogen-bond donors (Lipinski definition) is 0. The number of ether oxygens (including phenoxy) is 2. The van der Waals surface area contributed by atoms with Crippen LogP contribution in [-0.4, -0.2) is 19.7 Å². The monoisotopic (exact) mass is 318 g/mol. The molecule has 0 atom stereocenters. The first-order valence-electron chi connectivity index (χ1n) is 7.67. The molecule has 3 nitrogen and oxygen atoms in total. The SMILES string of the molecule is C=C(COc1ccc2ccccc2c1C(=O)OC)c1ccccc1. The van der Waals surface area contributed by atoms with Gasteiger partial charge in [0.2, 0.25) is 0 Å². The highest BCUT2D eigenvalue weighted by Gasteiger charge is 2.17. The molecule has 0 radical (unpaired) electrons. The fourth-order valence-corrected chi connectivity index (χ4v) is 2.61. The van der Waals surface area contributed by atoms with Gasteiger partial charge in [0.1, 0.15) is 17.9 Å². The van der Waals surface area contributed by atoms with Gasteiger partial charge in [-0.1, -0.05) is 67.2 Å². The van der Waals surface area contributed by atoms with Crippen LogP contribution in [0.25, 0.3) is 16.3 Å². The van der Waals surface area contributed by atoms with Crippen LogP contribution in [0.15, 0.2) is 73.3 Å². The van der Waals surface area contributed by atoms with Crippen LogP contribution in [0.3, 0.4) is 0 Å². The average molecular weight is 318 g/mol. The molecule has 3 aromatic rings. The summed E-state index contributed by atoms with van der Waals surface area (Å²) in [5, 5.41) is 1.78. The van der Waals surface area contributed by atoms with Crippen molar-refractivity contribution < 1.29 is 14.3 Å². The summed E-state index contributed by atoms with van der Waals surface area (Å²) >= 11 is 0. The van der Waals surface area contributed by atoms with E-state index in [1.165, 1.54) is 7.11 Å². The molecule has 0 aliphatic carbocycles. The molecule has 0 N–H and O–H groups in total. The summed E-state index contributed by atoms with van der Waals surface area (Å²) < 4.78 is 10.8. The number of rotatable bonds is 5. The minimum Gasteiger partial charge on any atom is -0.488 e. The molecule has 120 valence electrons. The number of carbonyl (C=O) groups excluding carboxylic acids is 1. The van der Waals surface area contributed by atoms with Crippen LogP contribution >= 0.6 is 0 Å². The Morgan fingerprint density at radius 2 is 1.67 bits per heavy atom. The summed E-state index contributed by atoms with van der Waals surface area (Å²) in [6.45, 7) is 4.35. The van der Waals surface area contributed by atoms with Gasteiger partial charge in [0.25, 0.3) is 0 Å². The molecule has 0 amide bonds. The van der Waals surface area contributed by atoms with E-state index in [-0.39, 0.29) is 0 Å². The van der Waals surface area contributed by atoms with Crippen LogP contribution in [0.1, 0.15) is 15.9 Å². The fraction of sp³-hybridized carbons (Fsp3) is 0.0952. The summed E-state index contributed by atoms with van der Waals surface area (Å²) in [6, 6.07) is 21.2. The lowest BCUT2D eigenvalue weighted by molar-refractivity contribution is 0.0599. The lowest BCUT2D eigenvalue weighted by Crippen LogP contribution is -2.08. The van der Waals surface area contributed by atoms with Crippen molar-refractivity contribution in [3.05, 3.63) is 84.4 Å². The van der Waals surface area contributed by atoms with E-state index in [1.807, 2.05) is 60.7 Å². The van der Waals surface area contributed by atoms with E-state index in [0.29, 0.717) is 17.9 Å². The lowest BCUT2D eigenvalue weighted by Gasteiger charge is -2.14. The first-order valence-corrected chi connectivity index (χ1v) is 7.67. The molecule has 0 aliphatic rings. The van der Waals surface area contributed by atoms with E-state index >= 15 is 0 Å². The molecule has 0 saturated heterocycles. The Morgan fingerprint density at radius 3 is 2.42 bits per heavy atom. The van der Waals surface area contributed by atoms with Crippen molar-refractivity contribution in [3.8, 4) is 5.75 Å². The van der Waals surface area contributed by atoms with Gasteiger partial charge in [-0.05, 0) is 28.0 Å². The molecule has 0 bridgehead atoms. The zero-order chi connectivity index (χ0) is 16.9. The van der Waals surface area contributed by atoms with E-state index in [4.69, 9.17) is 9.47 Å². The number of fused-ring (bicyclic) bond motifs is 1. The van der Waals surface area contributed by atoms with Crippen molar-refractivity contribution in [2.24, 2.45) is 0 Å². The van der Waals surface area contributed by atoms with Gasteiger partial charge in [0, 0.05) is 0 Å². The van der Waals surface area contributed by atoms with Crippen LogP contribution in [0.4, 0.5) is 0 Å². The van der Waals surface area contributed by atoms with Crippen molar-refractivity contribution in [2.75, 3.05) is 13.7 Å². The Morgan fingerprint density at radius 1 is 0.958 bits per heavy atom. The zero-order valence-electron chi connectivity index (χ0n) is 13.5. The van der Waals surface area contributed by atoms with Gasteiger partial charge in [0.05, 0.1) is 7.11 Å². The summed E-state index contributed by atoms with van der Waals surface area (Å²) in [5.74, 6) is 0.0877. The van der Waals surface area contributed by atoms with Crippen LogP contribution in [-0.2, 0) is 4.74 Å². The summed E-state index contributed by atoms with van der Waals surface area (Å²) in [5.41, 5.74) is 2.30. The van der Waals surface area contributed by atoms with E-state index in [0.717, 1.165) is 21.9 Å². The van der Waals surface area contributed by atoms with Gasteiger partial charge < -0.3 is 9.47 Å². The van der Waals surface area contributed by atoms with Crippen LogP contribution < -0.4 is 4.74 Å². The first kappa shape index (κ1) is 15.8. The second kappa shape index (κ2) is 7.01. The van der Waals surface area contributed by atoms with Crippen LogP contribution in [0.2, 0.25) is 0 Å². The van der Waals surface area contributed by atoms with Gasteiger partial charge in [-0.15, -0.1) is 0 Å². The van der Waals surface area contributed by atoms with E-state index in [2.05, 4.69) is 6.58 Å². The summed E-state index contributed by atoms with van der Waals surface area (Å²) in [7, 11) is 1.37. The third-order valence-electron chi connectivity index (χ3n) is 3.86. The van der Waals surface area contributed by atoms with Crippen molar-refractivity contribution in [2.45, 2.75) is 0 Å². The summed E-state index contributed by atoms with van der Waals surface area (Å²) in [6.07, 6.45) is 0. The molecule has 24 heavy (non-hydrogen) atoms. The number of hydrogen-bond acceptors (Lipinski definition) is 3. The van der Waals surface area contributed by atoms with E-state index in [1.54, 1.807) is 6.07 Å². The predicted molar refractivity (Wildman–Crippen MR) is 96.3 cm³/mol. The number of esters is 1. The molecule has 0 fully saturated rings. The Balaban J connectivity index is 1.91. The third kappa shape index (κ3) is 3.15.